The molecular weight excluding hydrogens is 354 g/mol. The van der Waals surface area contributed by atoms with Crippen LogP contribution in [0.3, 0.4) is 0 Å². The number of benzene rings is 1. The average molecular weight is 379 g/mol. The molecule has 3 aromatic rings. The highest BCUT2D eigenvalue weighted by molar-refractivity contribution is 5.96. The molecule has 0 radical (unpaired) electrons. The van der Waals surface area contributed by atoms with Gasteiger partial charge in [0.15, 0.2) is 17.4 Å². The highest BCUT2D eigenvalue weighted by atomic mass is 16.3. The summed E-state index contributed by atoms with van der Waals surface area (Å²) in [4.78, 5) is 19.0. The molecule has 0 bridgehead atoms. The van der Waals surface area contributed by atoms with E-state index in [0.717, 1.165) is 48.8 Å². The third kappa shape index (κ3) is 3.52. The molecule has 2 aromatic heterocycles. The van der Waals surface area contributed by atoms with Crippen molar-refractivity contribution in [3.63, 3.8) is 0 Å². The van der Waals surface area contributed by atoms with Crippen molar-refractivity contribution in [1.29, 1.82) is 0 Å². The van der Waals surface area contributed by atoms with Crippen molar-refractivity contribution in [3.05, 3.63) is 48.2 Å². The largest absolute Gasteiger partial charge is 0.451 e. The Balaban J connectivity index is 1.39. The summed E-state index contributed by atoms with van der Waals surface area (Å²) in [6.07, 6.45) is 0. The van der Waals surface area contributed by atoms with Gasteiger partial charge in [0.1, 0.15) is 5.58 Å². The van der Waals surface area contributed by atoms with Crippen molar-refractivity contribution in [2.24, 2.45) is 0 Å². The molecule has 1 aromatic carbocycles. The Morgan fingerprint density at radius 3 is 2.43 bits per heavy atom. The molecule has 0 saturated carbocycles. The lowest BCUT2D eigenvalue weighted by molar-refractivity contribution is 0.0717. The Bertz CT molecular complexity index is 908. The lowest BCUT2D eigenvalue weighted by atomic mass is 10.2. The van der Waals surface area contributed by atoms with E-state index >= 15 is 0 Å². The first-order valence-corrected chi connectivity index (χ1v) is 9.81. The number of amides is 1. The zero-order valence-electron chi connectivity index (χ0n) is 16.3. The van der Waals surface area contributed by atoms with Crippen LogP contribution < -0.4 is 9.80 Å². The Morgan fingerprint density at radius 2 is 1.79 bits per heavy atom. The summed E-state index contributed by atoms with van der Waals surface area (Å²) >= 11 is 0. The highest BCUT2D eigenvalue weighted by Crippen LogP contribution is 2.21. The van der Waals surface area contributed by atoms with Gasteiger partial charge in [-0.2, -0.15) is 0 Å². The van der Waals surface area contributed by atoms with Crippen LogP contribution in [-0.4, -0.2) is 60.3 Å². The van der Waals surface area contributed by atoms with Crippen LogP contribution in [0.15, 0.2) is 46.9 Å². The van der Waals surface area contributed by atoms with Gasteiger partial charge >= 0.3 is 0 Å². The number of fused-ring (bicyclic) bond motifs is 1. The molecule has 1 aliphatic rings. The molecule has 0 spiro atoms. The Morgan fingerprint density at radius 1 is 1.04 bits per heavy atom. The quantitative estimate of drug-likeness (QED) is 0.679. The minimum atomic E-state index is -0.0567. The third-order valence-corrected chi connectivity index (χ3v) is 5.25. The molecule has 146 valence electrons. The summed E-state index contributed by atoms with van der Waals surface area (Å²) in [5, 5.41) is 9.70. The molecule has 3 heterocycles. The number of aromatic nitrogens is 2. The average Bonchev–Trinajstić information content (AvgIpc) is 3.19. The molecule has 7 nitrogen and oxygen atoms in total. The van der Waals surface area contributed by atoms with Gasteiger partial charge in [-0.25, -0.2) is 0 Å². The first-order valence-electron chi connectivity index (χ1n) is 9.81. The molecule has 1 saturated heterocycles. The number of para-hydroxylation sites is 1. The van der Waals surface area contributed by atoms with Crippen LogP contribution in [0.5, 0.6) is 0 Å². The van der Waals surface area contributed by atoms with Crippen molar-refractivity contribution < 1.29 is 9.21 Å². The smallest absolute Gasteiger partial charge is 0.289 e. The van der Waals surface area contributed by atoms with Crippen molar-refractivity contribution in [2.45, 2.75) is 13.8 Å². The van der Waals surface area contributed by atoms with Crippen LogP contribution in [0.2, 0.25) is 0 Å². The monoisotopic (exact) mass is 379 g/mol. The van der Waals surface area contributed by atoms with E-state index < -0.39 is 0 Å². The van der Waals surface area contributed by atoms with E-state index in [1.165, 1.54) is 0 Å². The van der Waals surface area contributed by atoms with Crippen molar-refractivity contribution in [1.82, 2.24) is 15.1 Å². The minimum Gasteiger partial charge on any atom is -0.451 e. The summed E-state index contributed by atoms with van der Waals surface area (Å²) in [5.74, 6) is 2.09. The maximum Gasteiger partial charge on any atom is 0.289 e. The molecule has 1 fully saturated rings. The fourth-order valence-corrected chi connectivity index (χ4v) is 3.58. The summed E-state index contributed by atoms with van der Waals surface area (Å²) in [6, 6.07) is 13.5. The van der Waals surface area contributed by atoms with E-state index in [1.807, 2.05) is 47.4 Å². The molecule has 0 unspecified atom stereocenters. The van der Waals surface area contributed by atoms with Gasteiger partial charge in [-0.05, 0) is 38.1 Å². The SMILES string of the molecule is CCN(CC)c1ccc(N2CCN(C(=O)c3cc4ccccc4o3)CC2)nn1. The highest BCUT2D eigenvalue weighted by Gasteiger charge is 2.25. The van der Waals surface area contributed by atoms with Crippen LogP contribution in [0.1, 0.15) is 24.4 Å². The second-order valence-corrected chi connectivity index (χ2v) is 6.85. The summed E-state index contributed by atoms with van der Waals surface area (Å²) in [7, 11) is 0. The van der Waals surface area contributed by atoms with Crippen LogP contribution >= 0.6 is 0 Å². The lowest BCUT2D eigenvalue weighted by Crippen LogP contribution is -2.49. The van der Waals surface area contributed by atoms with Gasteiger partial charge in [0, 0.05) is 44.7 Å². The number of hydrogen-bond donors (Lipinski definition) is 0. The normalized spacial score (nSPS) is 14.5. The second-order valence-electron chi connectivity index (χ2n) is 6.85. The van der Waals surface area contributed by atoms with Crippen molar-refractivity contribution in [2.75, 3.05) is 49.1 Å². The zero-order chi connectivity index (χ0) is 19.5. The molecule has 0 aliphatic carbocycles. The van der Waals surface area contributed by atoms with Gasteiger partial charge in [0.05, 0.1) is 0 Å². The summed E-state index contributed by atoms with van der Waals surface area (Å²) in [6.45, 7) is 8.76. The van der Waals surface area contributed by atoms with Crippen LogP contribution in [0.25, 0.3) is 11.0 Å². The number of hydrogen-bond acceptors (Lipinski definition) is 6. The molecule has 0 N–H and O–H groups in total. The number of anilines is 2. The Labute approximate surface area is 164 Å². The molecule has 1 aliphatic heterocycles. The van der Waals surface area contributed by atoms with E-state index in [0.29, 0.717) is 18.8 Å². The number of rotatable bonds is 5. The molecule has 7 heteroatoms. The molecule has 28 heavy (non-hydrogen) atoms. The standard InChI is InChI=1S/C21H25N5O2/c1-3-24(4-2)19-9-10-20(23-22-19)25-11-13-26(14-12-25)21(27)18-15-16-7-5-6-8-17(16)28-18/h5-10,15H,3-4,11-14H2,1-2H3. The predicted octanol–water partition coefficient (Wildman–Crippen LogP) is 3.03. The van der Waals surface area contributed by atoms with E-state index in [2.05, 4.69) is 33.8 Å². The summed E-state index contributed by atoms with van der Waals surface area (Å²) < 4.78 is 5.72. The molecule has 1 amide bonds. The van der Waals surface area contributed by atoms with Gasteiger partial charge in [-0.1, -0.05) is 18.2 Å². The van der Waals surface area contributed by atoms with E-state index in [-0.39, 0.29) is 5.91 Å². The summed E-state index contributed by atoms with van der Waals surface area (Å²) in [5.41, 5.74) is 0.744. The minimum absolute atomic E-state index is 0.0567. The van der Waals surface area contributed by atoms with Crippen LogP contribution in [-0.2, 0) is 0 Å². The molecular formula is C21H25N5O2. The number of carbonyl (C=O) groups excluding carboxylic acids is 1. The maximum atomic E-state index is 12.8. The van der Waals surface area contributed by atoms with Gasteiger partial charge in [-0.3, -0.25) is 4.79 Å². The van der Waals surface area contributed by atoms with Gasteiger partial charge in [0.2, 0.25) is 0 Å². The second kappa shape index (κ2) is 7.88. The lowest BCUT2D eigenvalue weighted by Gasteiger charge is -2.34. The Kier molecular flexibility index (Phi) is 5.14. The first kappa shape index (κ1) is 18.3. The van der Waals surface area contributed by atoms with Gasteiger partial charge in [0.25, 0.3) is 5.91 Å². The van der Waals surface area contributed by atoms with E-state index in [4.69, 9.17) is 4.42 Å². The first-order chi connectivity index (χ1) is 13.7. The predicted molar refractivity (Wildman–Crippen MR) is 110 cm³/mol. The molecule has 0 atom stereocenters. The van der Waals surface area contributed by atoms with Gasteiger partial charge < -0.3 is 19.1 Å². The molecule has 4 rings (SSSR count). The number of carbonyl (C=O) groups is 1. The van der Waals surface area contributed by atoms with E-state index in [1.54, 1.807) is 0 Å². The number of furan rings is 1. The van der Waals surface area contributed by atoms with Crippen LogP contribution in [0, 0.1) is 0 Å². The maximum absolute atomic E-state index is 12.8. The third-order valence-electron chi connectivity index (χ3n) is 5.25. The van der Waals surface area contributed by atoms with Gasteiger partial charge in [-0.15, -0.1) is 10.2 Å². The van der Waals surface area contributed by atoms with Crippen LogP contribution in [0.4, 0.5) is 11.6 Å². The fraction of sp³-hybridized carbons (Fsp3) is 0.381. The zero-order valence-corrected chi connectivity index (χ0v) is 16.3. The number of piperazine rings is 1. The van der Waals surface area contributed by atoms with Crippen molar-refractivity contribution >= 4 is 28.5 Å². The number of nitrogens with zero attached hydrogens (tertiary/aromatic N) is 5. The Hall–Kier alpha value is -3.09. The topological polar surface area (TPSA) is 65.7 Å². The van der Waals surface area contributed by atoms with Crippen molar-refractivity contribution in [3.8, 4) is 0 Å². The fourth-order valence-electron chi connectivity index (χ4n) is 3.58. The van der Waals surface area contributed by atoms with E-state index in [9.17, 15) is 4.79 Å².